The van der Waals surface area contributed by atoms with Crippen molar-refractivity contribution >= 4 is 30.3 Å². The van der Waals surface area contributed by atoms with Crippen LogP contribution in [0.25, 0.3) is 0 Å². The Labute approximate surface area is 209 Å². The number of rotatable bonds is 8. The second kappa shape index (κ2) is 9.87. The van der Waals surface area contributed by atoms with Crippen molar-refractivity contribution < 1.29 is 19.1 Å². The number of para-hydroxylation sites is 1. The first-order valence-electron chi connectivity index (χ1n) is 11.5. The number of carbonyl (C=O) groups excluding carboxylic acids is 2. The first kappa shape index (κ1) is 23.0. The minimum absolute atomic E-state index is 0.146. The molecule has 2 N–H and O–H groups in total. The number of thiol groups is 1. The van der Waals surface area contributed by atoms with Gasteiger partial charge in [-0.1, -0.05) is 18.2 Å². The molecular weight excluding hydrogens is 464 g/mol. The zero-order chi connectivity index (χ0) is 24.4. The SMILES string of the molecule is NC(=O)c1ccc(N2C[C@@H]3C[C@H]2CN3C(=O)CCS)nc1Oc1ccc(Oc2ccccc2)cc1. The first-order chi connectivity index (χ1) is 17.0. The van der Waals surface area contributed by atoms with Gasteiger partial charge in [0, 0.05) is 19.5 Å². The van der Waals surface area contributed by atoms with Gasteiger partial charge in [0.15, 0.2) is 0 Å². The minimum Gasteiger partial charge on any atom is -0.457 e. The highest BCUT2D eigenvalue weighted by Gasteiger charge is 2.45. The van der Waals surface area contributed by atoms with Crippen LogP contribution in [-0.2, 0) is 4.79 Å². The Bertz CT molecular complexity index is 1220. The number of nitrogens with zero attached hydrogens (tertiary/aromatic N) is 3. The number of likely N-dealkylation sites (tertiary alicyclic amines) is 1. The van der Waals surface area contributed by atoms with E-state index in [9.17, 15) is 9.59 Å². The van der Waals surface area contributed by atoms with E-state index < -0.39 is 5.91 Å². The summed E-state index contributed by atoms with van der Waals surface area (Å²) in [5.74, 6) is 2.82. The van der Waals surface area contributed by atoms with Crippen molar-refractivity contribution in [2.75, 3.05) is 23.7 Å². The molecule has 0 aliphatic carbocycles. The van der Waals surface area contributed by atoms with Crippen LogP contribution < -0.4 is 20.1 Å². The maximum atomic E-state index is 12.3. The number of piperazine rings is 1. The average Bonchev–Trinajstić information content (AvgIpc) is 3.47. The summed E-state index contributed by atoms with van der Waals surface area (Å²) in [6.07, 6.45) is 1.35. The van der Waals surface area contributed by atoms with Crippen LogP contribution in [0.2, 0.25) is 0 Å². The molecular formula is C26H26N4O4S. The summed E-state index contributed by atoms with van der Waals surface area (Å²) in [7, 11) is 0. The van der Waals surface area contributed by atoms with E-state index in [-0.39, 0.29) is 29.4 Å². The third-order valence-electron chi connectivity index (χ3n) is 6.31. The summed E-state index contributed by atoms with van der Waals surface area (Å²) < 4.78 is 11.8. The molecule has 2 aliphatic heterocycles. The smallest absolute Gasteiger partial charge is 0.254 e. The van der Waals surface area contributed by atoms with Crippen LogP contribution in [0.15, 0.2) is 66.7 Å². The van der Waals surface area contributed by atoms with Crippen LogP contribution in [0, 0.1) is 0 Å². The molecule has 2 aromatic carbocycles. The molecule has 1 aromatic heterocycles. The fourth-order valence-electron chi connectivity index (χ4n) is 4.66. The van der Waals surface area contributed by atoms with E-state index in [1.165, 1.54) is 0 Å². The summed E-state index contributed by atoms with van der Waals surface area (Å²) in [6, 6.07) is 20.3. The number of pyridine rings is 1. The number of hydrogen-bond donors (Lipinski definition) is 2. The number of nitrogens with two attached hydrogens (primary N) is 1. The lowest BCUT2D eigenvalue weighted by atomic mass is 10.2. The van der Waals surface area contributed by atoms with Crippen molar-refractivity contribution in [1.29, 1.82) is 0 Å². The highest BCUT2D eigenvalue weighted by Crippen LogP contribution is 2.36. The zero-order valence-electron chi connectivity index (χ0n) is 19.0. The Morgan fingerprint density at radius 1 is 0.914 bits per heavy atom. The van der Waals surface area contributed by atoms with Crippen molar-refractivity contribution in [3.05, 3.63) is 72.3 Å². The van der Waals surface area contributed by atoms with E-state index in [1.54, 1.807) is 36.4 Å². The highest BCUT2D eigenvalue weighted by molar-refractivity contribution is 7.80. The lowest BCUT2D eigenvalue weighted by molar-refractivity contribution is -0.131. The third-order valence-corrected chi connectivity index (χ3v) is 6.53. The topological polar surface area (TPSA) is 98.0 Å². The van der Waals surface area contributed by atoms with E-state index >= 15 is 0 Å². The second-order valence-electron chi connectivity index (χ2n) is 8.59. The highest BCUT2D eigenvalue weighted by atomic mass is 32.1. The molecule has 9 heteroatoms. The molecule has 2 atom stereocenters. The number of anilines is 1. The number of carbonyl (C=O) groups is 2. The molecule has 2 fully saturated rings. The van der Waals surface area contributed by atoms with Gasteiger partial charge in [-0.2, -0.15) is 17.6 Å². The summed E-state index contributed by atoms with van der Waals surface area (Å²) in [4.78, 5) is 33.1. The summed E-state index contributed by atoms with van der Waals surface area (Å²) in [5, 5.41) is 0. The van der Waals surface area contributed by atoms with Gasteiger partial charge < -0.3 is 25.0 Å². The monoisotopic (exact) mass is 490 g/mol. The van der Waals surface area contributed by atoms with E-state index in [2.05, 4.69) is 22.5 Å². The minimum atomic E-state index is -0.616. The lowest BCUT2D eigenvalue weighted by Gasteiger charge is -2.35. The van der Waals surface area contributed by atoms with Gasteiger partial charge in [-0.25, -0.2) is 0 Å². The maximum absolute atomic E-state index is 12.3. The zero-order valence-corrected chi connectivity index (χ0v) is 19.9. The van der Waals surface area contributed by atoms with Crippen molar-refractivity contribution in [3.63, 3.8) is 0 Å². The molecule has 2 saturated heterocycles. The van der Waals surface area contributed by atoms with Gasteiger partial charge in [0.05, 0.1) is 12.1 Å². The normalized spacial score (nSPS) is 18.5. The molecule has 0 saturated carbocycles. The van der Waals surface area contributed by atoms with Gasteiger partial charge in [-0.15, -0.1) is 0 Å². The van der Waals surface area contributed by atoms with Crippen LogP contribution in [0.1, 0.15) is 23.2 Å². The van der Waals surface area contributed by atoms with Gasteiger partial charge in [-0.3, -0.25) is 9.59 Å². The number of aromatic nitrogens is 1. The number of hydrogen-bond acceptors (Lipinski definition) is 7. The molecule has 35 heavy (non-hydrogen) atoms. The Kier molecular flexibility index (Phi) is 6.50. The second-order valence-corrected chi connectivity index (χ2v) is 9.04. The predicted octanol–water partition coefficient (Wildman–Crippen LogP) is 3.87. The summed E-state index contributed by atoms with van der Waals surface area (Å²) in [5.41, 5.74) is 5.78. The molecule has 2 amide bonds. The van der Waals surface area contributed by atoms with Crippen LogP contribution in [0.3, 0.4) is 0 Å². The summed E-state index contributed by atoms with van der Waals surface area (Å²) >= 11 is 4.18. The van der Waals surface area contributed by atoms with Crippen LogP contribution in [-0.4, -0.2) is 52.6 Å². The van der Waals surface area contributed by atoms with Crippen molar-refractivity contribution in [2.24, 2.45) is 5.73 Å². The predicted molar refractivity (Wildman–Crippen MR) is 136 cm³/mol. The Morgan fingerprint density at radius 2 is 1.60 bits per heavy atom. The molecule has 5 rings (SSSR count). The standard InChI is InChI=1S/C26H26N4O4S/c27-25(32)22-10-11-23(29-15-18-14-17(29)16-30(18)24(31)12-13-35)28-26(22)34-21-8-6-20(7-9-21)33-19-4-2-1-3-5-19/h1-11,17-18,35H,12-16H2,(H2,27,32)/t17-,18-/m0/s1. The lowest BCUT2D eigenvalue weighted by Crippen LogP contribution is -2.49. The Hall–Kier alpha value is -3.72. The molecule has 0 radical (unpaired) electrons. The van der Waals surface area contributed by atoms with Crippen LogP contribution in [0.5, 0.6) is 23.1 Å². The molecule has 0 spiro atoms. The first-order valence-corrected chi connectivity index (χ1v) is 12.1. The summed E-state index contributed by atoms with van der Waals surface area (Å²) in [6.45, 7) is 1.35. The quantitative estimate of drug-likeness (QED) is 0.465. The van der Waals surface area contributed by atoms with Gasteiger partial charge in [0.25, 0.3) is 5.91 Å². The van der Waals surface area contributed by atoms with E-state index in [0.29, 0.717) is 42.6 Å². The molecule has 2 aliphatic rings. The number of fused-ring (bicyclic) bond motifs is 2. The van der Waals surface area contributed by atoms with E-state index in [0.717, 1.165) is 12.2 Å². The Balaban J connectivity index is 1.32. The molecule has 3 aromatic rings. The van der Waals surface area contributed by atoms with Crippen molar-refractivity contribution in [3.8, 4) is 23.1 Å². The fraction of sp³-hybridized carbons (Fsp3) is 0.269. The fourth-order valence-corrected chi connectivity index (χ4v) is 4.85. The van der Waals surface area contributed by atoms with E-state index in [4.69, 9.17) is 15.2 Å². The van der Waals surface area contributed by atoms with Crippen LogP contribution in [0.4, 0.5) is 5.82 Å². The molecule has 2 bridgehead atoms. The molecule has 3 heterocycles. The third kappa shape index (κ3) is 4.90. The Morgan fingerprint density at radius 3 is 2.23 bits per heavy atom. The van der Waals surface area contributed by atoms with E-state index in [1.807, 2.05) is 35.2 Å². The number of primary amides is 1. The van der Waals surface area contributed by atoms with Crippen LogP contribution >= 0.6 is 12.6 Å². The number of benzene rings is 2. The van der Waals surface area contributed by atoms with Gasteiger partial charge in [0.2, 0.25) is 11.8 Å². The molecule has 0 unspecified atom stereocenters. The number of ether oxygens (including phenoxy) is 2. The molecule has 180 valence electrons. The molecule has 8 nitrogen and oxygen atoms in total. The van der Waals surface area contributed by atoms with Crippen molar-refractivity contribution in [1.82, 2.24) is 9.88 Å². The van der Waals surface area contributed by atoms with Crippen molar-refractivity contribution in [2.45, 2.75) is 24.9 Å². The van der Waals surface area contributed by atoms with Gasteiger partial charge in [0.1, 0.15) is 28.6 Å². The maximum Gasteiger partial charge on any atom is 0.254 e. The van der Waals surface area contributed by atoms with Gasteiger partial charge >= 0.3 is 0 Å². The van der Waals surface area contributed by atoms with Gasteiger partial charge in [-0.05, 0) is 60.7 Å². The average molecular weight is 491 g/mol. The number of amides is 2. The largest absolute Gasteiger partial charge is 0.457 e.